The van der Waals surface area contributed by atoms with Crippen molar-refractivity contribution in [2.75, 3.05) is 18.9 Å². The molecule has 0 atom stereocenters. The largest absolute Gasteiger partial charge is 0.352 e. The van der Waals surface area contributed by atoms with Gasteiger partial charge in [0.1, 0.15) is 5.82 Å². The van der Waals surface area contributed by atoms with Crippen molar-refractivity contribution in [2.45, 2.75) is 45.1 Å². The first-order valence-electron chi connectivity index (χ1n) is 11.1. The van der Waals surface area contributed by atoms with Crippen LogP contribution in [-0.4, -0.2) is 47.2 Å². The smallest absolute Gasteiger partial charge is 0.266 e. The number of H-pyrrole nitrogens is 1. The summed E-state index contributed by atoms with van der Waals surface area (Å²) >= 11 is 1.33. The van der Waals surface area contributed by atoms with Crippen LogP contribution in [0.4, 0.5) is 5.82 Å². The molecule has 3 amide bonds. The van der Waals surface area contributed by atoms with Crippen LogP contribution in [-0.2, 0) is 0 Å². The van der Waals surface area contributed by atoms with Crippen molar-refractivity contribution in [3.8, 4) is 0 Å². The Hall–Kier alpha value is -3.13. The number of fused-ring (bicyclic) bond motifs is 1. The van der Waals surface area contributed by atoms with E-state index < -0.39 is 0 Å². The highest BCUT2D eigenvalue weighted by Crippen LogP contribution is 2.29. The molecule has 1 fully saturated rings. The average molecular weight is 453 g/mol. The molecule has 3 N–H and O–H groups in total. The Morgan fingerprint density at radius 2 is 1.91 bits per heavy atom. The Morgan fingerprint density at radius 3 is 2.59 bits per heavy atom. The van der Waals surface area contributed by atoms with E-state index in [0.717, 1.165) is 25.7 Å². The molecule has 0 bridgehead atoms. The lowest BCUT2D eigenvalue weighted by Crippen LogP contribution is -2.38. The maximum atomic E-state index is 13.1. The fourth-order valence-corrected chi connectivity index (χ4v) is 4.95. The number of nitrogens with zero attached hydrogens (tertiary/aromatic N) is 1. The third kappa shape index (κ3) is 4.41. The van der Waals surface area contributed by atoms with Crippen molar-refractivity contribution in [3.05, 3.63) is 51.7 Å². The summed E-state index contributed by atoms with van der Waals surface area (Å²) in [4.78, 5) is 44.1. The summed E-state index contributed by atoms with van der Waals surface area (Å²) in [5.41, 5.74) is 1.56. The SMILES string of the molecule is CCNC(=O)c1c(NC(=O)c2cccs2)[nH]c2cc(C(=O)N(C)C3CCCCC3)ccc12. The third-order valence-electron chi connectivity index (χ3n) is 6.04. The van der Waals surface area contributed by atoms with Crippen LogP contribution in [0.3, 0.4) is 0 Å². The molecule has 1 saturated carbocycles. The maximum absolute atomic E-state index is 13.1. The van der Waals surface area contributed by atoms with Crippen molar-refractivity contribution in [3.63, 3.8) is 0 Å². The van der Waals surface area contributed by atoms with Gasteiger partial charge in [0, 0.05) is 36.1 Å². The van der Waals surface area contributed by atoms with Crippen molar-refractivity contribution in [1.82, 2.24) is 15.2 Å². The predicted molar refractivity (Wildman–Crippen MR) is 128 cm³/mol. The molecule has 1 aliphatic rings. The Morgan fingerprint density at radius 1 is 1.12 bits per heavy atom. The Labute approximate surface area is 191 Å². The second-order valence-corrected chi connectivity index (χ2v) is 9.08. The van der Waals surface area contributed by atoms with Crippen LogP contribution in [0.1, 0.15) is 69.4 Å². The van der Waals surface area contributed by atoms with Gasteiger partial charge in [-0.05, 0) is 43.3 Å². The fourth-order valence-electron chi connectivity index (χ4n) is 4.33. The van der Waals surface area contributed by atoms with Crippen LogP contribution in [0.5, 0.6) is 0 Å². The number of carbonyl (C=O) groups excluding carboxylic acids is 3. The zero-order chi connectivity index (χ0) is 22.7. The van der Waals surface area contributed by atoms with Gasteiger partial charge in [-0.3, -0.25) is 14.4 Å². The minimum absolute atomic E-state index is 0.0304. The summed E-state index contributed by atoms with van der Waals surface area (Å²) in [6, 6.07) is 9.09. The van der Waals surface area contributed by atoms with Crippen molar-refractivity contribution < 1.29 is 14.4 Å². The van der Waals surface area contributed by atoms with Crippen LogP contribution in [0.15, 0.2) is 35.7 Å². The van der Waals surface area contributed by atoms with E-state index >= 15 is 0 Å². The molecule has 2 heterocycles. The Bertz CT molecular complexity index is 1130. The van der Waals surface area contributed by atoms with E-state index in [0.29, 0.717) is 39.3 Å². The molecule has 2 aromatic heterocycles. The summed E-state index contributed by atoms with van der Waals surface area (Å²) in [5, 5.41) is 8.12. The predicted octanol–water partition coefficient (Wildman–Crippen LogP) is 4.64. The van der Waals surface area contributed by atoms with Gasteiger partial charge in [0.2, 0.25) is 0 Å². The molecule has 0 aliphatic heterocycles. The highest BCUT2D eigenvalue weighted by Gasteiger charge is 2.25. The molecule has 0 unspecified atom stereocenters. The van der Waals surface area contributed by atoms with Gasteiger partial charge in [0.15, 0.2) is 0 Å². The normalized spacial score (nSPS) is 14.3. The zero-order valence-corrected chi connectivity index (χ0v) is 19.2. The lowest BCUT2D eigenvalue weighted by Gasteiger charge is -2.31. The van der Waals surface area contributed by atoms with E-state index in [1.54, 1.807) is 30.3 Å². The molecule has 3 aromatic rings. The van der Waals surface area contributed by atoms with Crippen LogP contribution in [0.2, 0.25) is 0 Å². The lowest BCUT2D eigenvalue weighted by molar-refractivity contribution is 0.0696. The van der Waals surface area contributed by atoms with Gasteiger partial charge >= 0.3 is 0 Å². The van der Waals surface area contributed by atoms with Gasteiger partial charge in [-0.2, -0.15) is 0 Å². The molecule has 8 heteroatoms. The monoisotopic (exact) mass is 452 g/mol. The number of benzene rings is 1. The summed E-state index contributed by atoms with van der Waals surface area (Å²) in [6.45, 7) is 2.31. The molecule has 168 valence electrons. The van der Waals surface area contributed by atoms with Gasteiger partial charge in [-0.15, -0.1) is 11.3 Å². The molecule has 0 spiro atoms. The number of aromatic nitrogens is 1. The molecule has 1 aromatic carbocycles. The van der Waals surface area contributed by atoms with Gasteiger partial charge in [0.25, 0.3) is 17.7 Å². The maximum Gasteiger partial charge on any atom is 0.266 e. The van der Waals surface area contributed by atoms with E-state index in [-0.39, 0.29) is 23.8 Å². The van der Waals surface area contributed by atoms with Crippen LogP contribution >= 0.6 is 11.3 Å². The molecule has 0 radical (unpaired) electrons. The molecular formula is C24H28N4O3S. The van der Waals surface area contributed by atoms with E-state index in [2.05, 4.69) is 15.6 Å². The van der Waals surface area contributed by atoms with Crippen molar-refractivity contribution in [1.29, 1.82) is 0 Å². The van der Waals surface area contributed by atoms with Crippen molar-refractivity contribution in [2.24, 2.45) is 0 Å². The van der Waals surface area contributed by atoms with Gasteiger partial charge < -0.3 is 20.5 Å². The number of hydrogen-bond acceptors (Lipinski definition) is 4. The minimum atomic E-state index is -0.287. The number of rotatable bonds is 6. The van der Waals surface area contributed by atoms with E-state index in [4.69, 9.17) is 0 Å². The first-order chi connectivity index (χ1) is 15.5. The fraction of sp³-hybridized carbons (Fsp3) is 0.375. The number of amides is 3. The highest BCUT2D eigenvalue weighted by molar-refractivity contribution is 7.12. The minimum Gasteiger partial charge on any atom is -0.352 e. The van der Waals surface area contributed by atoms with Gasteiger partial charge in [-0.1, -0.05) is 31.4 Å². The number of anilines is 1. The quantitative estimate of drug-likeness (QED) is 0.509. The van der Waals surface area contributed by atoms with Crippen LogP contribution < -0.4 is 10.6 Å². The summed E-state index contributed by atoms with van der Waals surface area (Å²) in [6.07, 6.45) is 5.61. The second-order valence-electron chi connectivity index (χ2n) is 8.13. The number of carbonyl (C=O) groups is 3. The molecule has 7 nitrogen and oxygen atoms in total. The van der Waals surface area contributed by atoms with Crippen LogP contribution in [0.25, 0.3) is 10.9 Å². The number of hydrogen-bond donors (Lipinski definition) is 3. The van der Waals surface area contributed by atoms with Gasteiger partial charge in [0.05, 0.1) is 10.4 Å². The van der Waals surface area contributed by atoms with E-state index in [1.807, 2.05) is 24.3 Å². The summed E-state index contributed by atoms with van der Waals surface area (Å²) < 4.78 is 0. The zero-order valence-electron chi connectivity index (χ0n) is 18.4. The second kappa shape index (κ2) is 9.56. The van der Waals surface area contributed by atoms with E-state index in [1.165, 1.54) is 17.8 Å². The first kappa shape index (κ1) is 22.1. The van der Waals surface area contributed by atoms with Gasteiger partial charge in [-0.25, -0.2) is 0 Å². The van der Waals surface area contributed by atoms with E-state index in [9.17, 15) is 14.4 Å². The molecule has 4 rings (SSSR count). The summed E-state index contributed by atoms with van der Waals surface area (Å²) in [5.74, 6) is -0.268. The molecule has 1 aliphatic carbocycles. The number of aromatic amines is 1. The van der Waals surface area contributed by atoms with Crippen molar-refractivity contribution >= 4 is 45.8 Å². The third-order valence-corrected chi connectivity index (χ3v) is 6.90. The molecule has 0 saturated heterocycles. The topological polar surface area (TPSA) is 94.3 Å². The number of thiophene rings is 1. The summed E-state index contributed by atoms with van der Waals surface area (Å²) in [7, 11) is 1.87. The van der Waals surface area contributed by atoms with Crippen LogP contribution in [0, 0.1) is 0 Å². The molecular weight excluding hydrogens is 424 g/mol. The number of nitrogens with one attached hydrogen (secondary N) is 3. The lowest BCUT2D eigenvalue weighted by atomic mass is 9.94. The Kier molecular flexibility index (Phi) is 6.60. The standard InChI is InChI=1S/C24H28N4O3S/c1-3-25-23(30)20-17-12-11-15(24(31)28(2)16-8-5-4-6-9-16)14-18(17)26-21(20)27-22(29)19-10-7-13-32-19/h7,10-14,16,26H,3-6,8-9H2,1-2H3,(H,25,30)(H,27,29). The first-order valence-corrected chi connectivity index (χ1v) is 11.9. The Balaban J connectivity index is 1.67. The average Bonchev–Trinajstić information content (AvgIpc) is 3.46. The molecule has 32 heavy (non-hydrogen) atoms. The highest BCUT2D eigenvalue weighted by atomic mass is 32.1.